The van der Waals surface area contributed by atoms with Crippen LogP contribution in [-0.2, 0) is 10.2 Å². The highest BCUT2D eigenvalue weighted by Crippen LogP contribution is 2.40. The van der Waals surface area contributed by atoms with Crippen LogP contribution in [0.4, 0.5) is 4.39 Å². The van der Waals surface area contributed by atoms with E-state index < -0.39 is 11.2 Å². The van der Waals surface area contributed by atoms with Gasteiger partial charge in [0.05, 0.1) is 10.4 Å². The van der Waals surface area contributed by atoms with E-state index in [-0.39, 0.29) is 10.9 Å². The van der Waals surface area contributed by atoms with Crippen molar-refractivity contribution in [3.8, 4) is 0 Å². The molecule has 4 heteroatoms. The van der Waals surface area contributed by atoms with Crippen LogP contribution in [0, 0.1) is 5.82 Å². The molecule has 0 aromatic heterocycles. The van der Waals surface area contributed by atoms with Crippen LogP contribution >= 0.6 is 11.6 Å². The molecule has 1 amide bonds. The summed E-state index contributed by atoms with van der Waals surface area (Å²) in [5, 5.41) is 2.81. The molecule has 0 atom stereocenters. The monoisotopic (exact) mass is 269 g/mol. The van der Waals surface area contributed by atoms with Crippen LogP contribution in [0.2, 0.25) is 5.02 Å². The number of benzene rings is 1. The molecule has 2 nitrogen and oxygen atoms in total. The van der Waals surface area contributed by atoms with Crippen molar-refractivity contribution in [2.75, 3.05) is 7.05 Å². The Labute approximate surface area is 112 Å². The van der Waals surface area contributed by atoms with Crippen LogP contribution in [0.1, 0.15) is 37.7 Å². The van der Waals surface area contributed by atoms with Crippen LogP contribution in [-0.4, -0.2) is 13.0 Å². The third-order valence-corrected chi connectivity index (χ3v) is 4.15. The normalized spacial score (nSPS) is 18.4. The molecule has 18 heavy (non-hydrogen) atoms. The van der Waals surface area contributed by atoms with Crippen molar-refractivity contribution >= 4 is 17.5 Å². The van der Waals surface area contributed by atoms with Gasteiger partial charge in [0, 0.05) is 7.05 Å². The minimum Gasteiger partial charge on any atom is -0.358 e. The van der Waals surface area contributed by atoms with Gasteiger partial charge in [0.1, 0.15) is 5.82 Å². The highest BCUT2D eigenvalue weighted by Gasteiger charge is 2.40. The lowest BCUT2D eigenvalue weighted by Gasteiger charge is -2.36. The van der Waals surface area contributed by atoms with Crippen LogP contribution < -0.4 is 5.32 Å². The fourth-order valence-electron chi connectivity index (χ4n) is 2.84. The summed E-state index contributed by atoms with van der Waals surface area (Å²) in [7, 11) is 1.63. The topological polar surface area (TPSA) is 29.1 Å². The Hall–Kier alpha value is -1.09. The molecule has 1 saturated carbocycles. The Kier molecular flexibility index (Phi) is 3.91. The van der Waals surface area contributed by atoms with Gasteiger partial charge in [-0.3, -0.25) is 4.79 Å². The summed E-state index contributed by atoms with van der Waals surface area (Å²) in [5.74, 6) is -0.480. The number of hydrogen-bond acceptors (Lipinski definition) is 1. The average molecular weight is 270 g/mol. The Morgan fingerprint density at radius 2 is 2.00 bits per heavy atom. The van der Waals surface area contributed by atoms with E-state index in [1.54, 1.807) is 13.1 Å². The second-order valence-electron chi connectivity index (χ2n) is 4.85. The first-order valence-corrected chi connectivity index (χ1v) is 6.66. The number of nitrogens with one attached hydrogen (secondary N) is 1. The van der Waals surface area contributed by atoms with E-state index in [4.69, 9.17) is 11.6 Å². The minimum absolute atomic E-state index is 0.0241. The lowest BCUT2D eigenvalue weighted by molar-refractivity contribution is -0.127. The Bertz CT molecular complexity index is 455. The average Bonchev–Trinajstić information content (AvgIpc) is 2.41. The quantitative estimate of drug-likeness (QED) is 0.876. The second kappa shape index (κ2) is 5.27. The van der Waals surface area contributed by atoms with E-state index >= 15 is 0 Å². The highest BCUT2D eigenvalue weighted by atomic mass is 35.5. The van der Waals surface area contributed by atoms with E-state index in [1.807, 2.05) is 0 Å². The molecule has 1 fully saturated rings. The molecule has 98 valence electrons. The number of rotatable bonds is 2. The number of carbonyl (C=O) groups is 1. The number of carbonyl (C=O) groups excluding carboxylic acids is 1. The molecule has 1 N–H and O–H groups in total. The van der Waals surface area contributed by atoms with E-state index in [9.17, 15) is 9.18 Å². The van der Waals surface area contributed by atoms with Crippen LogP contribution in [0.5, 0.6) is 0 Å². The predicted octanol–water partition coefficient (Wildman–Crippen LogP) is 3.43. The van der Waals surface area contributed by atoms with E-state index in [2.05, 4.69) is 5.32 Å². The van der Waals surface area contributed by atoms with Crippen molar-refractivity contribution in [1.82, 2.24) is 5.32 Å². The number of hydrogen-bond donors (Lipinski definition) is 1. The molecule has 1 aliphatic carbocycles. The molecule has 1 aromatic carbocycles. The number of halogens is 2. The summed E-state index contributed by atoms with van der Waals surface area (Å²) >= 11 is 5.70. The first kappa shape index (κ1) is 13.3. The minimum atomic E-state index is -0.585. The summed E-state index contributed by atoms with van der Waals surface area (Å²) in [6.07, 6.45) is 4.67. The summed E-state index contributed by atoms with van der Waals surface area (Å²) in [6, 6.07) is 4.71. The maximum Gasteiger partial charge on any atom is 0.230 e. The molecule has 2 rings (SSSR count). The van der Waals surface area contributed by atoms with Gasteiger partial charge in [-0.05, 0) is 30.5 Å². The summed E-state index contributed by atoms with van der Waals surface area (Å²) < 4.78 is 13.6. The summed E-state index contributed by atoms with van der Waals surface area (Å²) in [4.78, 5) is 12.2. The van der Waals surface area contributed by atoms with Gasteiger partial charge in [0.25, 0.3) is 0 Å². The Morgan fingerprint density at radius 1 is 1.33 bits per heavy atom. The molecular weight excluding hydrogens is 253 g/mol. The first-order chi connectivity index (χ1) is 8.60. The van der Waals surface area contributed by atoms with Crippen LogP contribution in [0.3, 0.4) is 0 Å². The Morgan fingerprint density at radius 3 is 2.56 bits per heavy atom. The third-order valence-electron chi connectivity index (χ3n) is 3.84. The van der Waals surface area contributed by atoms with Crippen LogP contribution in [0.15, 0.2) is 18.2 Å². The maximum atomic E-state index is 13.6. The zero-order valence-electron chi connectivity index (χ0n) is 10.4. The van der Waals surface area contributed by atoms with Crippen molar-refractivity contribution in [2.45, 2.75) is 37.5 Å². The fourth-order valence-corrected chi connectivity index (χ4v) is 2.95. The molecule has 0 heterocycles. The summed E-state index contributed by atoms with van der Waals surface area (Å²) in [5.41, 5.74) is 0.154. The predicted molar refractivity (Wildman–Crippen MR) is 70.2 cm³/mol. The zero-order valence-corrected chi connectivity index (χ0v) is 11.2. The lowest BCUT2D eigenvalue weighted by Crippen LogP contribution is -2.44. The van der Waals surface area contributed by atoms with Gasteiger partial charge in [0.15, 0.2) is 0 Å². The molecule has 0 radical (unpaired) electrons. The molecule has 0 unspecified atom stereocenters. The molecule has 0 aliphatic heterocycles. The smallest absolute Gasteiger partial charge is 0.230 e. The van der Waals surface area contributed by atoms with Gasteiger partial charge in [0.2, 0.25) is 5.91 Å². The molecule has 1 aliphatic rings. The lowest BCUT2D eigenvalue weighted by atomic mass is 9.68. The third kappa shape index (κ3) is 2.24. The van der Waals surface area contributed by atoms with Crippen molar-refractivity contribution in [3.05, 3.63) is 34.6 Å². The summed E-state index contributed by atoms with van der Waals surface area (Å²) in [6.45, 7) is 0. The Balaban J connectivity index is 2.45. The van der Waals surface area contributed by atoms with Gasteiger partial charge >= 0.3 is 0 Å². The van der Waals surface area contributed by atoms with Gasteiger partial charge < -0.3 is 5.32 Å². The highest BCUT2D eigenvalue weighted by molar-refractivity contribution is 6.30. The largest absolute Gasteiger partial charge is 0.358 e. The molecule has 1 aromatic rings. The number of amides is 1. The second-order valence-corrected chi connectivity index (χ2v) is 5.26. The van der Waals surface area contributed by atoms with Gasteiger partial charge in [-0.25, -0.2) is 4.39 Å². The zero-order chi connectivity index (χ0) is 13.2. The molecule has 0 spiro atoms. The van der Waals surface area contributed by atoms with E-state index in [0.717, 1.165) is 37.7 Å². The molecular formula is C14H17ClFNO. The SMILES string of the molecule is CNC(=O)C1(c2ccc(Cl)c(F)c2)CCCCC1. The van der Waals surface area contributed by atoms with Crippen LogP contribution in [0.25, 0.3) is 0 Å². The van der Waals surface area contributed by atoms with Gasteiger partial charge in [-0.2, -0.15) is 0 Å². The van der Waals surface area contributed by atoms with Crippen molar-refractivity contribution in [3.63, 3.8) is 0 Å². The van der Waals surface area contributed by atoms with Crippen molar-refractivity contribution in [2.24, 2.45) is 0 Å². The maximum absolute atomic E-state index is 13.6. The number of likely N-dealkylation sites (N-methyl/N-ethyl adjacent to an activating group) is 1. The molecule has 0 bridgehead atoms. The van der Waals surface area contributed by atoms with Crippen molar-refractivity contribution < 1.29 is 9.18 Å². The van der Waals surface area contributed by atoms with Crippen molar-refractivity contribution in [1.29, 1.82) is 0 Å². The fraction of sp³-hybridized carbons (Fsp3) is 0.500. The molecule has 0 saturated heterocycles. The van der Waals surface area contributed by atoms with E-state index in [0.29, 0.717) is 0 Å². The van der Waals surface area contributed by atoms with Gasteiger partial charge in [-0.15, -0.1) is 0 Å². The standard InChI is InChI=1S/C14H17ClFNO/c1-17-13(18)14(7-3-2-4-8-14)10-5-6-11(15)12(16)9-10/h5-6,9H,2-4,7-8H2,1H3,(H,17,18). The van der Waals surface area contributed by atoms with E-state index in [1.165, 1.54) is 12.1 Å². The van der Waals surface area contributed by atoms with Gasteiger partial charge in [-0.1, -0.05) is 36.9 Å². The first-order valence-electron chi connectivity index (χ1n) is 6.28.